The molecule has 0 N–H and O–H groups in total. The maximum atomic E-state index is 12.0. The molecule has 2 rings (SSSR count). The van der Waals surface area contributed by atoms with E-state index in [0.29, 0.717) is 12.8 Å². The molecule has 0 heterocycles. The smallest absolute Gasteiger partial charge is 0.302 e. The minimum Gasteiger partial charge on any atom is -0.461 e. The molecule has 0 aromatic carbocycles. The van der Waals surface area contributed by atoms with Crippen LogP contribution in [-0.4, -0.2) is 36.7 Å². The molecule has 2 unspecified atom stereocenters. The van der Waals surface area contributed by atoms with Crippen molar-refractivity contribution in [3.63, 3.8) is 0 Å². The Morgan fingerprint density at radius 1 is 0.909 bits per heavy atom. The molecular weight excluding hydrogens is 288 g/mol. The zero-order chi connectivity index (χ0) is 16.3. The monoisotopic (exact) mass is 306 g/mol. The van der Waals surface area contributed by atoms with Crippen molar-refractivity contribution in [1.82, 2.24) is 0 Å². The quantitative estimate of drug-likeness (QED) is 0.572. The molecule has 0 radical (unpaired) electrons. The molecule has 0 saturated carbocycles. The van der Waals surface area contributed by atoms with Crippen LogP contribution < -0.4 is 0 Å². The summed E-state index contributed by atoms with van der Waals surface area (Å²) in [6.45, 7) is 2.71. The zero-order valence-electron chi connectivity index (χ0n) is 12.6. The van der Waals surface area contributed by atoms with E-state index in [9.17, 15) is 19.2 Å². The average molecular weight is 306 g/mol. The highest BCUT2D eigenvalue weighted by molar-refractivity contribution is 6.07. The third-order valence-electron chi connectivity index (χ3n) is 3.96. The Kier molecular flexibility index (Phi) is 4.90. The van der Waals surface area contributed by atoms with E-state index in [0.717, 1.165) is 11.1 Å². The number of carbonyl (C=O) groups is 4. The summed E-state index contributed by atoms with van der Waals surface area (Å²) >= 11 is 0. The van der Waals surface area contributed by atoms with Gasteiger partial charge in [-0.05, 0) is 36.1 Å². The number of allylic oxidation sites excluding steroid dienone is 2. The van der Waals surface area contributed by atoms with Crippen LogP contribution in [0.1, 0.15) is 26.7 Å². The highest BCUT2D eigenvalue weighted by atomic mass is 16.5. The Labute approximate surface area is 128 Å². The fraction of sp³-hybridized carbons (Fsp3) is 0.500. The maximum Gasteiger partial charge on any atom is 0.302 e. The first-order chi connectivity index (χ1) is 10.4. The molecule has 2 aliphatic rings. The van der Waals surface area contributed by atoms with Gasteiger partial charge in [0.1, 0.15) is 13.2 Å². The van der Waals surface area contributed by atoms with Crippen LogP contribution in [0.3, 0.4) is 0 Å². The van der Waals surface area contributed by atoms with Gasteiger partial charge in [0.2, 0.25) is 0 Å². The molecule has 0 saturated heterocycles. The predicted octanol–water partition coefficient (Wildman–Crippen LogP) is 1.14. The first-order valence-corrected chi connectivity index (χ1v) is 7.10. The van der Waals surface area contributed by atoms with Crippen LogP contribution in [-0.2, 0) is 28.7 Å². The van der Waals surface area contributed by atoms with Crippen molar-refractivity contribution in [3.05, 3.63) is 23.3 Å². The fourth-order valence-corrected chi connectivity index (χ4v) is 2.81. The second-order valence-corrected chi connectivity index (χ2v) is 5.53. The van der Waals surface area contributed by atoms with Gasteiger partial charge in [-0.3, -0.25) is 19.2 Å². The number of carbonyl (C=O) groups excluding carboxylic acids is 4. The van der Waals surface area contributed by atoms with E-state index in [1.165, 1.54) is 26.0 Å². The average Bonchev–Trinajstić information content (AvgIpc) is 2.46. The van der Waals surface area contributed by atoms with Crippen LogP contribution in [0, 0.1) is 11.8 Å². The van der Waals surface area contributed by atoms with Gasteiger partial charge < -0.3 is 9.47 Å². The second-order valence-electron chi connectivity index (χ2n) is 5.53. The van der Waals surface area contributed by atoms with Gasteiger partial charge >= 0.3 is 11.9 Å². The number of hydrogen-bond donors (Lipinski definition) is 0. The van der Waals surface area contributed by atoms with Crippen molar-refractivity contribution in [3.8, 4) is 0 Å². The highest BCUT2D eigenvalue weighted by Gasteiger charge is 2.39. The Morgan fingerprint density at radius 3 is 1.59 bits per heavy atom. The summed E-state index contributed by atoms with van der Waals surface area (Å²) in [5.74, 6) is -1.85. The summed E-state index contributed by atoms with van der Waals surface area (Å²) in [6.07, 6.45) is 3.32. The van der Waals surface area contributed by atoms with Crippen molar-refractivity contribution in [2.24, 2.45) is 11.8 Å². The minimum atomic E-state index is -0.424. The maximum absolute atomic E-state index is 12.0. The van der Waals surface area contributed by atoms with E-state index in [4.69, 9.17) is 9.47 Å². The molecule has 0 bridgehead atoms. The molecule has 2 atom stereocenters. The summed E-state index contributed by atoms with van der Waals surface area (Å²) < 4.78 is 10.0. The number of rotatable bonds is 4. The first-order valence-electron chi connectivity index (χ1n) is 7.10. The Morgan fingerprint density at radius 2 is 1.27 bits per heavy atom. The Bertz CT molecular complexity index is 533. The molecule has 2 aliphatic carbocycles. The number of fused-ring (bicyclic) bond motifs is 1. The largest absolute Gasteiger partial charge is 0.461 e. The molecule has 0 fully saturated rings. The van der Waals surface area contributed by atoms with Crippen molar-refractivity contribution in [2.75, 3.05) is 13.2 Å². The predicted molar refractivity (Wildman–Crippen MR) is 75.7 cm³/mol. The van der Waals surface area contributed by atoms with E-state index in [1.807, 2.05) is 0 Å². The number of ketones is 2. The Hall–Kier alpha value is -2.24. The van der Waals surface area contributed by atoms with Gasteiger partial charge in [-0.25, -0.2) is 0 Å². The number of ether oxygens (including phenoxy) is 2. The van der Waals surface area contributed by atoms with Crippen molar-refractivity contribution in [1.29, 1.82) is 0 Å². The molecule has 6 nitrogen and oxygen atoms in total. The van der Waals surface area contributed by atoms with Crippen molar-refractivity contribution in [2.45, 2.75) is 26.7 Å². The summed E-state index contributed by atoms with van der Waals surface area (Å²) in [7, 11) is 0. The standard InChI is InChI=1S/C16H18O6/c1-9(17)21-7-11-5-13-14(16(20)4-3-15(13)19)6-12(11)8-22-10(2)18/h3-4,13-14H,5-8H2,1-2H3. The topological polar surface area (TPSA) is 86.7 Å². The van der Waals surface area contributed by atoms with E-state index < -0.39 is 23.8 Å². The molecule has 118 valence electrons. The molecule has 22 heavy (non-hydrogen) atoms. The lowest BCUT2D eigenvalue weighted by molar-refractivity contribution is -0.142. The van der Waals surface area contributed by atoms with Gasteiger partial charge in [0.15, 0.2) is 11.6 Å². The highest BCUT2D eigenvalue weighted by Crippen LogP contribution is 2.38. The van der Waals surface area contributed by atoms with Crippen LogP contribution in [0.2, 0.25) is 0 Å². The molecule has 0 aromatic rings. The van der Waals surface area contributed by atoms with E-state index >= 15 is 0 Å². The fourth-order valence-electron chi connectivity index (χ4n) is 2.81. The van der Waals surface area contributed by atoms with Crippen LogP contribution in [0.25, 0.3) is 0 Å². The second kappa shape index (κ2) is 6.68. The van der Waals surface area contributed by atoms with Gasteiger partial charge in [0, 0.05) is 25.7 Å². The normalized spacial score (nSPS) is 24.1. The molecule has 0 aliphatic heterocycles. The molecule has 0 spiro atoms. The summed E-state index contributed by atoms with van der Waals surface area (Å²) in [6, 6.07) is 0. The van der Waals surface area contributed by atoms with Crippen molar-refractivity contribution >= 4 is 23.5 Å². The summed E-state index contributed by atoms with van der Waals surface area (Å²) in [5, 5.41) is 0. The lowest BCUT2D eigenvalue weighted by Gasteiger charge is -2.33. The SMILES string of the molecule is CC(=O)OCC1=C(COC(C)=O)CC2C(=O)C=CC(=O)C2C1. The lowest BCUT2D eigenvalue weighted by Crippen LogP contribution is -2.37. The molecule has 6 heteroatoms. The van der Waals surface area contributed by atoms with Gasteiger partial charge in [0.25, 0.3) is 0 Å². The van der Waals surface area contributed by atoms with E-state index in [1.54, 1.807) is 0 Å². The van der Waals surface area contributed by atoms with Crippen LogP contribution in [0.4, 0.5) is 0 Å². The minimum absolute atomic E-state index is 0.0559. The van der Waals surface area contributed by atoms with Gasteiger partial charge in [-0.2, -0.15) is 0 Å². The lowest BCUT2D eigenvalue weighted by atomic mass is 9.70. The first kappa shape index (κ1) is 16.1. The molecule has 0 aromatic heterocycles. The van der Waals surface area contributed by atoms with Gasteiger partial charge in [-0.15, -0.1) is 0 Å². The third kappa shape index (κ3) is 3.69. The van der Waals surface area contributed by atoms with Crippen LogP contribution in [0.5, 0.6) is 0 Å². The Balaban J connectivity index is 2.22. The van der Waals surface area contributed by atoms with Crippen molar-refractivity contribution < 1.29 is 28.7 Å². The molecular formula is C16H18O6. The van der Waals surface area contributed by atoms with Gasteiger partial charge in [-0.1, -0.05) is 0 Å². The van der Waals surface area contributed by atoms with E-state index in [-0.39, 0.29) is 24.8 Å². The van der Waals surface area contributed by atoms with E-state index in [2.05, 4.69) is 0 Å². The third-order valence-corrected chi connectivity index (χ3v) is 3.96. The number of hydrogen-bond acceptors (Lipinski definition) is 6. The van der Waals surface area contributed by atoms with Crippen LogP contribution in [0.15, 0.2) is 23.3 Å². The van der Waals surface area contributed by atoms with Crippen LogP contribution >= 0.6 is 0 Å². The summed E-state index contributed by atoms with van der Waals surface area (Å²) in [4.78, 5) is 45.9. The zero-order valence-corrected chi connectivity index (χ0v) is 12.6. The van der Waals surface area contributed by atoms with Gasteiger partial charge in [0.05, 0.1) is 0 Å². The summed E-state index contributed by atoms with van der Waals surface area (Å²) in [5.41, 5.74) is 1.52. The molecule has 0 amide bonds. The number of esters is 2.